The molecule has 0 saturated carbocycles. The monoisotopic (exact) mass is 237 g/mol. The van der Waals surface area contributed by atoms with Crippen LogP contribution in [0.5, 0.6) is 0 Å². The maximum Gasteiger partial charge on any atom is 0.303 e. The molecule has 17 heavy (non-hydrogen) atoms. The summed E-state index contributed by atoms with van der Waals surface area (Å²) in [6, 6.07) is 0. The predicted molar refractivity (Wildman–Crippen MR) is 65.8 cm³/mol. The molecule has 0 amide bonds. The maximum atomic E-state index is 10.5. The molecule has 0 aromatic carbocycles. The molecule has 0 unspecified atom stereocenters. The zero-order valence-electron chi connectivity index (χ0n) is 10.3. The molecule has 0 radical (unpaired) electrons. The Bertz CT molecular complexity index is 352. The molecule has 1 aromatic heterocycles. The van der Waals surface area contributed by atoms with Crippen LogP contribution in [0.15, 0.2) is 18.6 Å². The molecule has 0 saturated heterocycles. The van der Waals surface area contributed by atoms with Crippen LogP contribution in [0, 0.1) is 5.41 Å². The Hall–Kier alpha value is -1.65. The van der Waals surface area contributed by atoms with E-state index >= 15 is 0 Å². The van der Waals surface area contributed by atoms with Crippen LogP contribution in [0.4, 0.5) is 5.82 Å². The summed E-state index contributed by atoms with van der Waals surface area (Å²) in [5.41, 5.74) is 0.0214. The van der Waals surface area contributed by atoms with Gasteiger partial charge >= 0.3 is 5.97 Å². The van der Waals surface area contributed by atoms with Gasteiger partial charge in [0, 0.05) is 25.4 Å². The lowest BCUT2D eigenvalue weighted by molar-refractivity contribution is -0.137. The number of rotatable bonds is 7. The van der Waals surface area contributed by atoms with Crippen molar-refractivity contribution in [3.05, 3.63) is 18.6 Å². The second kappa shape index (κ2) is 6.18. The van der Waals surface area contributed by atoms with Gasteiger partial charge in [-0.1, -0.05) is 13.8 Å². The van der Waals surface area contributed by atoms with E-state index in [4.69, 9.17) is 5.11 Å². The fourth-order valence-corrected chi connectivity index (χ4v) is 1.49. The van der Waals surface area contributed by atoms with Crippen molar-refractivity contribution in [2.45, 2.75) is 33.1 Å². The SMILES string of the molecule is CC(C)(CCNc1cnccn1)CCC(=O)O. The third-order valence-electron chi connectivity index (χ3n) is 2.69. The fourth-order valence-electron chi connectivity index (χ4n) is 1.49. The van der Waals surface area contributed by atoms with Crippen LogP contribution in [-0.2, 0) is 4.79 Å². The van der Waals surface area contributed by atoms with Gasteiger partial charge < -0.3 is 10.4 Å². The molecule has 0 aliphatic carbocycles. The molecule has 0 atom stereocenters. The minimum atomic E-state index is -0.736. The first-order valence-corrected chi connectivity index (χ1v) is 5.71. The lowest BCUT2D eigenvalue weighted by Gasteiger charge is -2.23. The van der Waals surface area contributed by atoms with E-state index in [-0.39, 0.29) is 11.8 Å². The predicted octanol–water partition coefficient (Wildman–Crippen LogP) is 2.17. The van der Waals surface area contributed by atoms with Crippen molar-refractivity contribution in [3.63, 3.8) is 0 Å². The molecule has 5 heteroatoms. The molecule has 5 nitrogen and oxygen atoms in total. The lowest BCUT2D eigenvalue weighted by Crippen LogP contribution is -2.18. The second-order valence-electron chi connectivity index (χ2n) is 4.83. The van der Waals surface area contributed by atoms with Crippen LogP contribution in [0.1, 0.15) is 33.1 Å². The van der Waals surface area contributed by atoms with Crippen molar-refractivity contribution >= 4 is 11.8 Å². The molecule has 94 valence electrons. The zero-order valence-corrected chi connectivity index (χ0v) is 10.3. The van der Waals surface area contributed by atoms with Gasteiger partial charge in [0.05, 0.1) is 6.20 Å². The Morgan fingerprint density at radius 2 is 2.18 bits per heavy atom. The summed E-state index contributed by atoms with van der Waals surface area (Å²) in [6.07, 6.45) is 6.74. The number of aliphatic carboxylic acids is 1. The standard InChI is InChI=1S/C12H19N3O2/c1-12(2,4-3-11(16)17)5-6-14-10-9-13-7-8-15-10/h7-9H,3-6H2,1-2H3,(H,14,15)(H,16,17). The molecule has 0 aliphatic heterocycles. The molecule has 0 bridgehead atoms. The number of nitrogens with one attached hydrogen (secondary N) is 1. The number of carbonyl (C=O) groups is 1. The van der Waals surface area contributed by atoms with E-state index in [1.807, 2.05) is 0 Å². The number of carboxylic acid groups (broad SMARTS) is 1. The van der Waals surface area contributed by atoms with Crippen molar-refractivity contribution in [2.24, 2.45) is 5.41 Å². The third kappa shape index (κ3) is 5.85. The van der Waals surface area contributed by atoms with Crippen LogP contribution in [0.3, 0.4) is 0 Å². The Labute approximate surface area is 101 Å². The van der Waals surface area contributed by atoms with Crippen molar-refractivity contribution in [2.75, 3.05) is 11.9 Å². The number of hydrogen-bond acceptors (Lipinski definition) is 4. The largest absolute Gasteiger partial charge is 0.481 e. The summed E-state index contributed by atoms with van der Waals surface area (Å²) in [4.78, 5) is 18.6. The third-order valence-corrected chi connectivity index (χ3v) is 2.69. The zero-order chi connectivity index (χ0) is 12.7. The molecular formula is C12H19N3O2. The van der Waals surface area contributed by atoms with Crippen molar-refractivity contribution < 1.29 is 9.90 Å². The highest BCUT2D eigenvalue weighted by molar-refractivity contribution is 5.66. The van der Waals surface area contributed by atoms with Crippen LogP contribution >= 0.6 is 0 Å². The average molecular weight is 237 g/mol. The highest BCUT2D eigenvalue weighted by atomic mass is 16.4. The highest BCUT2D eigenvalue weighted by Crippen LogP contribution is 2.26. The number of aromatic nitrogens is 2. The first kappa shape index (κ1) is 13.4. The van der Waals surface area contributed by atoms with Crippen molar-refractivity contribution in [3.8, 4) is 0 Å². The van der Waals surface area contributed by atoms with Crippen LogP contribution in [-0.4, -0.2) is 27.6 Å². The summed E-state index contributed by atoms with van der Waals surface area (Å²) in [5, 5.41) is 11.8. The maximum absolute atomic E-state index is 10.5. The molecule has 2 N–H and O–H groups in total. The fraction of sp³-hybridized carbons (Fsp3) is 0.583. The van der Waals surface area contributed by atoms with Gasteiger partial charge in [-0.3, -0.25) is 9.78 Å². The molecule has 0 spiro atoms. The summed E-state index contributed by atoms with van der Waals surface area (Å²) in [6.45, 7) is 4.92. The Balaban J connectivity index is 2.27. The first-order chi connectivity index (χ1) is 7.99. The van der Waals surface area contributed by atoms with Crippen LogP contribution in [0.25, 0.3) is 0 Å². The van der Waals surface area contributed by atoms with Gasteiger partial charge in [-0.05, 0) is 18.3 Å². The van der Waals surface area contributed by atoms with Gasteiger partial charge in [-0.25, -0.2) is 4.98 Å². The number of hydrogen-bond donors (Lipinski definition) is 2. The molecular weight excluding hydrogens is 218 g/mol. The molecule has 0 fully saturated rings. The molecule has 1 rings (SSSR count). The lowest BCUT2D eigenvalue weighted by atomic mass is 9.84. The van der Waals surface area contributed by atoms with E-state index in [0.29, 0.717) is 6.42 Å². The Kier molecular flexibility index (Phi) is 4.87. The number of carboxylic acids is 1. The van der Waals surface area contributed by atoms with E-state index in [0.717, 1.165) is 18.8 Å². The van der Waals surface area contributed by atoms with Gasteiger partial charge in [-0.2, -0.15) is 0 Å². The smallest absolute Gasteiger partial charge is 0.303 e. The molecule has 1 aromatic rings. The normalized spacial score (nSPS) is 11.2. The van der Waals surface area contributed by atoms with E-state index in [1.165, 1.54) is 0 Å². The minimum absolute atomic E-state index is 0.0214. The number of nitrogens with zero attached hydrogens (tertiary/aromatic N) is 2. The van der Waals surface area contributed by atoms with E-state index in [1.54, 1.807) is 18.6 Å². The molecule has 0 aliphatic rings. The first-order valence-electron chi connectivity index (χ1n) is 5.71. The van der Waals surface area contributed by atoms with Gasteiger partial charge in [-0.15, -0.1) is 0 Å². The summed E-state index contributed by atoms with van der Waals surface area (Å²) >= 11 is 0. The van der Waals surface area contributed by atoms with Gasteiger partial charge in [0.25, 0.3) is 0 Å². The summed E-state index contributed by atoms with van der Waals surface area (Å²) in [7, 11) is 0. The van der Waals surface area contributed by atoms with E-state index in [2.05, 4.69) is 29.1 Å². The quantitative estimate of drug-likeness (QED) is 0.760. The van der Waals surface area contributed by atoms with Gasteiger partial charge in [0.15, 0.2) is 0 Å². The van der Waals surface area contributed by atoms with E-state index < -0.39 is 5.97 Å². The van der Waals surface area contributed by atoms with Crippen molar-refractivity contribution in [1.29, 1.82) is 0 Å². The molecule has 1 heterocycles. The van der Waals surface area contributed by atoms with Crippen LogP contribution < -0.4 is 5.32 Å². The second-order valence-corrected chi connectivity index (χ2v) is 4.83. The topological polar surface area (TPSA) is 75.1 Å². The number of anilines is 1. The Morgan fingerprint density at radius 1 is 1.41 bits per heavy atom. The Morgan fingerprint density at radius 3 is 2.76 bits per heavy atom. The van der Waals surface area contributed by atoms with Crippen LogP contribution in [0.2, 0.25) is 0 Å². The van der Waals surface area contributed by atoms with E-state index in [9.17, 15) is 4.79 Å². The van der Waals surface area contributed by atoms with Gasteiger partial charge in [0.1, 0.15) is 5.82 Å². The van der Waals surface area contributed by atoms with Gasteiger partial charge in [0.2, 0.25) is 0 Å². The van der Waals surface area contributed by atoms with Crippen molar-refractivity contribution in [1.82, 2.24) is 9.97 Å². The summed E-state index contributed by atoms with van der Waals surface area (Å²) in [5.74, 6) is 0.0153. The summed E-state index contributed by atoms with van der Waals surface area (Å²) < 4.78 is 0. The minimum Gasteiger partial charge on any atom is -0.481 e. The average Bonchev–Trinajstić information content (AvgIpc) is 2.28. The highest BCUT2D eigenvalue weighted by Gasteiger charge is 2.18.